The second kappa shape index (κ2) is 9.33. The van der Waals surface area contributed by atoms with E-state index >= 15 is 0 Å². The van der Waals surface area contributed by atoms with E-state index in [4.69, 9.17) is 21.3 Å². The van der Waals surface area contributed by atoms with Gasteiger partial charge in [-0.05, 0) is 42.5 Å². The van der Waals surface area contributed by atoms with Gasteiger partial charge in [0, 0.05) is 43.2 Å². The van der Waals surface area contributed by atoms with Gasteiger partial charge >= 0.3 is 0 Å². The number of ether oxygens (including phenoxy) is 1. The Hall–Kier alpha value is -3.23. The molecule has 2 N–H and O–H groups in total. The summed E-state index contributed by atoms with van der Waals surface area (Å²) in [5.41, 5.74) is 1.93. The average Bonchev–Trinajstić information content (AvgIpc) is 3.46. The Morgan fingerprint density at radius 2 is 2.06 bits per heavy atom. The molecule has 1 saturated carbocycles. The molecule has 2 aliphatic rings. The summed E-state index contributed by atoms with van der Waals surface area (Å²) in [6.07, 6.45) is 4.02. The van der Waals surface area contributed by atoms with Crippen LogP contribution in [0.25, 0.3) is 0 Å². The fourth-order valence-electron chi connectivity index (χ4n) is 4.20. The van der Waals surface area contributed by atoms with E-state index < -0.39 is 6.23 Å². The molecule has 170 valence electrons. The molecule has 5 rings (SSSR count). The van der Waals surface area contributed by atoms with Crippen molar-refractivity contribution in [3.05, 3.63) is 76.7 Å². The molecule has 3 unspecified atom stereocenters. The molecule has 0 spiro atoms. The van der Waals surface area contributed by atoms with Crippen molar-refractivity contribution in [3.8, 4) is 0 Å². The summed E-state index contributed by atoms with van der Waals surface area (Å²) in [5, 5.41) is 6.77. The molecule has 1 aliphatic carbocycles. The third-order valence-corrected chi connectivity index (χ3v) is 6.33. The van der Waals surface area contributed by atoms with Crippen LogP contribution in [0.3, 0.4) is 0 Å². The molecule has 1 aliphatic heterocycles. The molecule has 3 atom stereocenters. The maximum atomic E-state index is 13.1. The highest BCUT2D eigenvalue weighted by Gasteiger charge is 2.46. The van der Waals surface area contributed by atoms with E-state index in [9.17, 15) is 4.79 Å². The number of aromatic nitrogens is 3. The third kappa shape index (κ3) is 4.91. The quantitative estimate of drug-likeness (QED) is 0.491. The Kier molecular flexibility index (Phi) is 6.11. The van der Waals surface area contributed by atoms with Gasteiger partial charge in [-0.25, -0.2) is 4.98 Å². The number of benzene rings is 1. The molecular weight excluding hydrogens is 440 g/mol. The minimum absolute atomic E-state index is 0.292. The van der Waals surface area contributed by atoms with E-state index in [-0.39, 0.29) is 5.91 Å². The number of methoxy groups -OCH3 is 1. The van der Waals surface area contributed by atoms with Gasteiger partial charge < -0.3 is 20.3 Å². The van der Waals surface area contributed by atoms with Crippen LogP contribution in [0.15, 0.2) is 54.9 Å². The highest BCUT2D eigenvalue weighted by atomic mass is 35.5. The van der Waals surface area contributed by atoms with Crippen molar-refractivity contribution >= 4 is 29.3 Å². The highest BCUT2D eigenvalue weighted by molar-refractivity contribution is 6.30. The Bertz CT molecular complexity index is 1130. The second-order valence-corrected chi connectivity index (χ2v) is 8.85. The van der Waals surface area contributed by atoms with Crippen LogP contribution in [0.2, 0.25) is 5.02 Å². The summed E-state index contributed by atoms with van der Waals surface area (Å²) in [7, 11) is 1.59. The first-order valence-corrected chi connectivity index (χ1v) is 11.3. The number of carbonyl (C=O) groups excluding carboxylic acids is 1. The Labute approximate surface area is 197 Å². The SMILES string of the molecule is COC(Nc1nc(N2CC3CC3C2)ncc1C(=O)NCc1ccccn1)c1cccc(Cl)c1. The first-order valence-electron chi connectivity index (χ1n) is 11.0. The Morgan fingerprint density at radius 1 is 1.21 bits per heavy atom. The van der Waals surface area contributed by atoms with E-state index in [2.05, 4.69) is 25.5 Å². The van der Waals surface area contributed by atoms with Gasteiger partial charge in [0.05, 0.1) is 12.2 Å². The lowest BCUT2D eigenvalue weighted by Gasteiger charge is -2.23. The molecule has 2 aromatic heterocycles. The molecule has 3 aromatic rings. The summed E-state index contributed by atoms with van der Waals surface area (Å²) < 4.78 is 5.66. The smallest absolute Gasteiger partial charge is 0.256 e. The number of amides is 1. The molecule has 0 radical (unpaired) electrons. The zero-order valence-electron chi connectivity index (χ0n) is 18.2. The number of nitrogens with zero attached hydrogens (tertiary/aromatic N) is 4. The zero-order chi connectivity index (χ0) is 22.8. The number of hydrogen-bond donors (Lipinski definition) is 2. The number of piperidine rings is 1. The van der Waals surface area contributed by atoms with Crippen LogP contribution in [-0.4, -0.2) is 41.1 Å². The fraction of sp³-hybridized carbons (Fsp3) is 0.333. The lowest BCUT2D eigenvalue weighted by atomic mass is 10.2. The molecule has 9 heteroatoms. The first-order chi connectivity index (χ1) is 16.1. The molecule has 3 heterocycles. The number of halogens is 1. The normalized spacial score (nSPS) is 19.6. The van der Waals surface area contributed by atoms with Gasteiger partial charge in [-0.3, -0.25) is 9.78 Å². The van der Waals surface area contributed by atoms with Crippen molar-refractivity contribution < 1.29 is 9.53 Å². The molecule has 1 amide bonds. The number of pyridine rings is 1. The number of rotatable bonds is 8. The molecule has 1 aromatic carbocycles. The zero-order valence-corrected chi connectivity index (χ0v) is 19.0. The second-order valence-electron chi connectivity index (χ2n) is 8.41. The van der Waals surface area contributed by atoms with Crippen molar-refractivity contribution in [2.45, 2.75) is 19.2 Å². The molecule has 2 fully saturated rings. The summed E-state index contributed by atoms with van der Waals surface area (Å²) in [4.78, 5) is 28.7. The monoisotopic (exact) mass is 464 g/mol. The number of nitrogens with one attached hydrogen (secondary N) is 2. The summed E-state index contributed by atoms with van der Waals surface area (Å²) in [6, 6.07) is 13.0. The molecular formula is C24H25ClN6O2. The lowest BCUT2D eigenvalue weighted by molar-refractivity contribution is 0.0949. The van der Waals surface area contributed by atoms with Crippen LogP contribution >= 0.6 is 11.6 Å². The lowest BCUT2D eigenvalue weighted by Crippen LogP contribution is -2.28. The summed E-state index contributed by atoms with van der Waals surface area (Å²) in [6.45, 7) is 2.22. The number of anilines is 2. The van der Waals surface area contributed by atoms with Crippen LogP contribution in [0, 0.1) is 11.8 Å². The van der Waals surface area contributed by atoms with Crippen molar-refractivity contribution in [2.24, 2.45) is 11.8 Å². The van der Waals surface area contributed by atoms with E-state index in [1.165, 1.54) is 6.42 Å². The minimum Gasteiger partial charge on any atom is -0.357 e. The predicted molar refractivity (Wildman–Crippen MR) is 126 cm³/mol. The van der Waals surface area contributed by atoms with E-state index in [0.717, 1.165) is 36.2 Å². The van der Waals surface area contributed by atoms with Crippen LogP contribution in [0.1, 0.15) is 34.3 Å². The number of hydrogen-bond acceptors (Lipinski definition) is 7. The maximum absolute atomic E-state index is 13.1. The van der Waals surface area contributed by atoms with Gasteiger partial charge in [-0.1, -0.05) is 29.8 Å². The van der Waals surface area contributed by atoms with E-state index in [0.29, 0.717) is 28.9 Å². The largest absolute Gasteiger partial charge is 0.357 e. The highest BCUT2D eigenvalue weighted by Crippen LogP contribution is 2.45. The summed E-state index contributed by atoms with van der Waals surface area (Å²) in [5.74, 6) is 2.21. The minimum atomic E-state index is -0.541. The molecule has 0 bridgehead atoms. The molecule has 33 heavy (non-hydrogen) atoms. The van der Waals surface area contributed by atoms with Crippen LogP contribution in [0.5, 0.6) is 0 Å². The third-order valence-electron chi connectivity index (χ3n) is 6.09. The van der Waals surface area contributed by atoms with E-state index in [1.54, 1.807) is 25.6 Å². The van der Waals surface area contributed by atoms with Crippen molar-refractivity contribution in [1.82, 2.24) is 20.3 Å². The van der Waals surface area contributed by atoms with Crippen LogP contribution in [0.4, 0.5) is 11.8 Å². The number of fused-ring (bicyclic) bond motifs is 1. The Balaban J connectivity index is 1.41. The fourth-order valence-corrected chi connectivity index (χ4v) is 4.40. The van der Waals surface area contributed by atoms with Gasteiger partial charge in [0.25, 0.3) is 5.91 Å². The Morgan fingerprint density at radius 3 is 2.79 bits per heavy atom. The van der Waals surface area contributed by atoms with Crippen molar-refractivity contribution in [1.29, 1.82) is 0 Å². The molecule has 8 nitrogen and oxygen atoms in total. The van der Waals surface area contributed by atoms with Crippen molar-refractivity contribution in [2.75, 3.05) is 30.4 Å². The van der Waals surface area contributed by atoms with Crippen molar-refractivity contribution in [3.63, 3.8) is 0 Å². The predicted octanol–water partition coefficient (Wildman–Crippen LogP) is 3.67. The van der Waals surface area contributed by atoms with E-state index in [1.807, 2.05) is 36.4 Å². The van der Waals surface area contributed by atoms with Gasteiger partial charge in [-0.15, -0.1) is 0 Å². The van der Waals surface area contributed by atoms with Gasteiger partial charge in [0.15, 0.2) is 6.23 Å². The average molecular weight is 465 g/mol. The standard InChI is InChI=1S/C24H25ClN6O2/c1-33-23(15-5-4-6-18(25)10-15)29-21-20(22(32)27-11-19-7-2-3-8-26-19)12-28-24(30-21)31-13-16-9-17(16)14-31/h2-8,10,12,16-17,23H,9,11,13-14H2,1H3,(H,27,32)(H,28,29,30). The molecule has 1 saturated heterocycles. The van der Waals surface area contributed by atoms with Gasteiger partial charge in [0.2, 0.25) is 5.95 Å². The van der Waals surface area contributed by atoms with Gasteiger partial charge in [-0.2, -0.15) is 4.98 Å². The topological polar surface area (TPSA) is 92.3 Å². The summed E-state index contributed by atoms with van der Waals surface area (Å²) >= 11 is 6.17. The van der Waals surface area contributed by atoms with Crippen LogP contribution in [-0.2, 0) is 11.3 Å². The van der Waals surface area contributed by atoms with Gasteiger partial charge in [0.1, 0.15) is 11.4 Å². The van der Waals surface area contributed by atoms with Crippen LogP contribution < -0.4 is 15.5 Å². The first kappa shape index (κ1) is 21.6. The maximum Gasteiger partial charge on any atom is 0.256 e. The number of carbonyl (C=O) groups is 1.